The summed E-state index contributed by atoms with van der Waals surface area (Å²) in [6, 6.07) is 18.5. The van der Waals surface area contributed by atoms with E-state index in [9.17, 15) is 14.0 Å². The Bertz CT molecular complexity index is 1270. The van der Waals surface area contributed by atoms with Crippen molar-refractivity contribution in [3.8, 4) is 28.4 Å². The predicted octanol–water partition coefficient (Wildman–Crippen LogP) is 10.5. The van der Waals surface area contributed by atoms with E-state index in [1.165, 1.54) is 57.1 Å². The van der Waals surface area contributed by atoms with Gasteiger partial charge in [0, 0.05) is 12.5 Å². The summed E-state index contributed by atoms with van der Waals surface area (Å²) in [4.78, 5) is 25.3. The maximum atomic E-state index is 14.8. The van der Waals surface area contributed by atoms with Crippen LogP contribution in [-0.2, 0) is 4.79 Å². The average Bonchev–Trinajstić information content (AvgIpc) is 3.00. The lowest BCUT2D eigenvalue weighted by Crippen LogP contribution is -2.12. The van der Waals surface area contributed by atoms with Gasteiger partial charge in [-0.3, -0.25) is 4.79 Å². The monoisotopic (exact) mass is 590 g/mol. The Labute approximate surface area is 256 Å². The number of hydrogen-bond acceptors (Lipinski definition) is 5. The van der Waals surface area contributed by atoms with E-state index >= 15 is 0 Å². The van der Waals surface area contributed by atoms with Gasteiger partial charge in [0.15, 0.2) is 11.6 Å². The van der Waals surface area contributed by atoms with Crippen molar-refractivity contribution in [1.82, 2.24) is 0 Å². The molecule has 3 rings (SSSR count). The molecule has 0 aliphatic heterocycles. The highest BCUT2D eigenvalue weighted by Gasteiger charge is 2.18. The van der Waals surface area contributed by atoms with Crippen LogP contribution in [0.15, 0.2) is 66.7 Å². The molecular formula is C37H47FO5. The number of halogens is 1. The maximum Gasteiger partial charge on any atom is 0.344 e. The standard InChI is InChI=1S/C37H47FO5/c1-4-6-8-10-11-12-14-20-36(39)42-31-25-26-35(34(38)27-31)43-37(40)33-19-16-15-18-32(33)29-21-23-30(24-22-29)41-28(3)17-13-9-7-5-2/h15-16,18-19,21-28H,4-14,17,20H2,1-3H3. The Morgan fingerprint density at radius 1 is 0.721 bits per heavy atom. The van der Waals surface area contributed by atoms with Crippen molar-refractivity contribution in [3.63, 3.8) is 0 Å². The number of carbonyl (C=O) groups is 2. The van der Waals surface area contributed by atoms with E-state index in [0.29, 0.717) is 11.1 Å². The van der Waals surface area contributed by atoms with Crippen molar-refractivity contribution in [2.24, 2.45) is 0 Å². The van der Waals surface area contributed by atoms with Crippen LogP contribution in [0.25, 0.3) is 11.1 Å². The molecule has 0 radical (unpaired) electrons. The summed E-state index contributed by atoms with van der Waals surface area (Å²) in [5.41, 5.74) is 1.80. The Kier molecular flexibility index (Phi) is 14.8. The summed E-state index contributed by atoms with van der Waals surface area (Å²) < 4.78 is 31.6. The number of benzene rings is 3. The van der Waals surface area contributed by atoms with Crippen molar-refractivity contribution in [2.75, 3.05) is 0 Å². The summed E-state index contributed by atoms with van der Waals surface area (Å²) in [6.07, 6.45) is 13.9. The number of hydrogen-bond donors (Lipinski definition) is 0. The van der Waals surface area contributed by atoms with Gasteiger partial charge >= 0.3 is 11.9 Å². The molecule has 43 heavy (non-hydrogen) atoms. The number of esters is 2. The Morgan fingerprint density at radius 2 is 1.35 bits per heavy atom. The zero-order chi connectivity index (χ0) is 30.9. The normalized spacial score (nSPS) is 11.6. The van der Waals surface area contributed by atoms with Crippen LogP contribution in [0.5, 0.6) is 17.2 Å². The smallest absolute Gasteiger partial charge is 0.344 e. The second-order valence-corrected chi connectivity index (χ2v) is 11.2. The quantitative estimate of drug-likeness (QED) is 0.0789. The number of unbranched alkanes of at least 4 members (excludes halogenated alkanes) is 9. The van der Waals surface area contributed by atoms with Crippen molar-refractivity contribution in [3.05, 3.63) is 78.1 Å². The highest BCUT2D eigenvalue weighted by molar-refractivity contribution is 5.98. The van der Waals surface area contributed by atoms with Gasteiger partial charge in [-0.25, -0.2) is 9.18 Å². The number of ether oxygens (including phenoxy) is 3. The van der Waals surface area contributed by atoms with Crippen LogP contribution >= 0.6 is 0 Å². The minimum atomic E-state index is -0.780. The molecular weight excluding hydrogens is 543 g/mol. The van der Waals surface area contributed by atoms with Crippen molar-refractivity contribution in [2.45, 2.75) is 110 Å². The van der Waals surface area contributed by atoms with Gasteiger partial charge in [0.05, 0.1) is 11.7 Å². The van der Waals surface area contributed by atoms with Crippen LogP contribution in [-0.4, -0.2) is 18.0 Å². The highest BCUT2D eigenvalue weighted by atomic mass is 19.1. The fraction of sp³-hybridized carbons (Fsp3) is 0.459. The fourth-order valence-corrected chi connectivity index (χ4v) is 4.97. The second kappa shape index (κ2) is 18.8. The zero-order valence-corrected chi connectivity index (χ0v) is 26.0. The molecule has 0 saturated carbocycles. The number of rotatable bonds is 19. The molecule has 5 nitrogen and oxygen atoms in total. The summed E-state index contributed by atoms with van der Waals surface area (Å²) in [5.74, 6) is -1.23. The molecule has 3 aromatic rings. The molecule has 0 saturated heterocycles. The largest absolute Gasteiger partial charge is 0.491 e. The van der Waals surface area contributed by atoms with Gasteiger partial charge in [0.1, 0.15) is 11.5 Å². The minimum absolute atomic E-state index is 0.0863. The molecule has 0 bridgehead atoms. The summed E-state index contributed by atoms with van der Waals surface area (Å²) in [5, 5.41) is 0. The molecule has 0 aromatic heterocycles. The summed E-state index contributed by atoms with van der Waals surface area (Å²) in [7, 11) is 0. The van der Waals surface area contributed by atoms with Crippen LogP contribution in [0.1, 0.15) is 115 Å². The van der Waals surface area contributed by atoms with Crippen LogP contribution in [0.3, 0.4) is 0 Å². The molecule has 0 heterocycles. The lowest BCUT2D eigenvalue weighted by Gasteiger charge is -2.15. The van der Waals surface area contributed by atoms with Crippen molar-refractivity contribution in [1.29, 1.82) is 0 Å². The van der Waals surface area contributed by atoms with E-state index < -0.39 is 17.8 Å². The van der Waals surface area contributed by atoms with Crippen LogP contribution in [0.4, 0.5) is 4.39 Å². The van der Waals surface area contributed by atoms with Gasteiger partial charge < -0.3 is 14.2 Å². The van der Waals surface area contributed by atoms with E-state index in [0.717, 1.165) is 49.5 Å². The lowest BCUT2D eigenvalue weighted by atomic mass is 9.99. The second-order valence-electron chi connectivity index (χ2n) is 11.2. The Hall–Kier alpha value is -3.67. The molecule has 0 aliphatic carbocycles. The third-order valence-electron chi connectivity index (χ3n) is 7.44. The Balaban J connectivity index is 1.55. The molecule has 232 valence electrons. The molecule has 1 unspecified atom stereocenters. The summed E-state index contributed by atoms with van der Waals surface area (Å²) in [6.45, 7) is 6.47. The first-order chi connectivity index (χ1) is 20.9. The molecule has 0 amide bonds. The van der Waals surface area contributed by atoms with Crippen LogP contribution in [0.2, 0.25) is 0 Å². The first-order valence-corrected chi connectivity index (χ1v) is 16.0. The maximum absolute atomic E-state index is 14.8. The van der Waals surface area contributed by atoms with Gasteiger partial charge in [0.2, 0.25) is 0 Å². The van der Waals surface area contributed by atoms with Gasteiger partial charge in [-0.05, 0) is 67.6 Å². The van der Waals surface area contributed by atoms with E-state index in [1.807, 2.05) is 36.4 Å². The van der Waals surface area contributed by atoms with Gasteiger partial charge in [-0.1, -0.05) is 102 Å². The van der Waals surface area contributed by atoms with E-state index in [-0.39, 0.29) is 24.0 Å². The molecule has 6 heteroatoms. The average molecular weight is 591 g/mol. The summed E-state index contributed by atoms with van der Waals surface area (Å²) >= 11 is 0. The SMILES string of the molecule is CCCCCCCCCC(=O)Oc1ccc(OC(=O)c2ccccc2-c2ccc(OC(C)CCCCCC)cc2)c(F)c1. The van der Waals surface area contributed by atoms with Gasteiger partial charge in [-0.2, -0.15) is 0 Å². The topological polar surface area (TPSA) is 61.8 Å². The van der Waals surface area contributed by atoms with E-state index in [2.05, 4.69) is 20.8 Å². The Morgan fingerprint density at radius 3 is 2.05 bits per heavy atom. The third-order valence-corrected chi connectivity index (χ3v) is 7.44. The molecule has 1 atom stereocenters. The highest BCUT2D eigenvalue weighted by Crippen LogP contribution is 2.29. The molecule has 0 N–H and O–H groups in total. The first kappa shape index (κ1) is 33.8. The van der Waals surface area contributed by atoms with Gasteiger partial charge in [0.25, 0.3) is 0 Å². The van der Waals surface area contributed by atoms with E-state index in [1.54, 1.807) is 12.1 Å². The first-order valence-electron chi connectivity index (χ1n) is 16.0. The molecule has 0 spiro atoms. The minimum Gasteiger partial charge on any atom is -0.491 e. The molecule has 3 aromatic carbocycles. The predicted molar refractivity (Wildman–Crippen MR) is 170 cm³/mol. The van der Waals surface area contributed by atoms with Crippen molar-refractivity contribution >= 4 is 11.9 Å². The third kappa shape index (κ3) is 11.9. The fourth-order valence-electron chi connectivity index (χ4n) is 4.97. The van der Waals surface area contributed by atoms with Crippen LogP contribution < -0.4 is 14.2 Å². The molecule has 0 fully saturated rings. The van der Waals surface area contributed by atoms with E-state index in [4.69, 9.17) is 14.2 Å². The zero-order valence-electron chi connectivity index (χ0n) is 26.0. The number of carbonyl (C=O) groups excluding carboxylic acids is 2. The van der Waals surface area contributed by atoms with Gasteiger partial charge in [-0.15, -0.1) is 0 Å². The van der Waals surface area contributed by atoms with Crippen LogP contribution in [0, 0.1) is 5.82 Å². The lowest BCUT2D eigenvalue weighted by molar-refractivity contribution is -0.134. The molecule has 0 aliphatic rings. The van der Waals surface area contributed by atoms with Crippen molar-refractivity contribution < 1.29 is 28.2 Å².